The highest BCUT2D eigenvalue weighted by molar-refractivity contribution is 5.35. The molecular formula is C12H18O4. The summed E-state index contributed by atoms with van der Waals surface area (Å²) in [5, 5.41) is 28.0. The molecule has 2 unspecified atom stereocenters. The zero-order valence-electron chi connectivity index (χ0n) is 9.50. The summed E-state index contributed by atoms with van der Waals surface area (Å²) in [6, 6.07) is 6.93. The molecule has 0 bridgehead atoms. The van der Waals surface area contributed by atoms with Crippen molar-refractivity contribution in [2.24, 2.45) is 0 Å². The van der Waals surface area contributed by atoms with Crippen LogP contribution >= 0.6 is 0 Å². The average molecular weight is 226 g/mol. The van der Waals surface area contributed by atoms with Crippen molar-refractivity contribution in [1.82, 2.24) is 0 Å². The third kappa shape index (κ3) is 3.20. The Morgan fingerprint density at radius 3 is 2.38 bits per heavy atom. The Kier molecular flexibility index (Phi) is 4.73. The Morgan fingerprint density at radius 2 is 1.81 bits per heavy atom. The van der Waals surface area contributed by atoms with E-state index in [0.717, 1.165) is 0 Å². The second-order valence-corrected chi connectivity index (χ2v) is 3.90. The first-order valence-corrected chi connectivity index (χ1v) is 5.28. The molecule has 1 rings (SSSR count). The predicted molar refractivity (Wildman–Crippen MR) is 60.3 cm³/mol. The molecule has 1 aromatic rings. The highest BCUT2D eigenvalue weighted by Crippen LogP contribution is 2.27. The van der Waals surface area contributed by atoms with Crippen molar-refractivity contribution in [3.63, 3.8) is 0 Å². The topological polar surface area (TPSA) is 69.9 Å². The van der Waals surface area contributed by atoms with Gasteiger partial charge in [-0.25, -0.2) is 0 Å². The van der Waals surface area contributed by atoms with Crippen LogP contribution in [0.2, 0.25) is 0 Å². The summed E-state index contributed by atoms with van der Waals surface area (Å²) < 4.78 is 5.51. The largest absolute Gasteiger partial charge is 0.491 e. The van der Waals surface area contributed by atoms with Gasteiger partial charge in [-0.2, -0.15) is 0 Å². The van der Waals surface area contributed by atoms with Crippen LogP contribution in [0.4, 0.5) is 0 Å². The smallest absolute Gasteiger partial charge is 0.125 e. The fraction of sp³-hybridized carbons (Fsp3) is 0.500. The highest BCUT2D eigenvalue weighted by atomic mass is 16.5. The molecule has 4 nitrogen and oxygen atoms in total. The Morgan fingerprint density at radius 1 is 1.19 bits per heavy atom. The van der Waals surface area contributed by atoms with Gasteiger partial charge in [-0.05, 0) is 19.9 Å². The van der Waals surface area contributed by atoms with Crippen LogP contribution in [0, 0.1) is 0 Å². The molecule has 0 fully saturated rings. The van der Waals surface area contributed by atoms with Gasteiger partial charge < -0.3 is 20.1 Å². The van der Waals surface area contributed by atoms with Crippen LogP contribution in [0.3, 0.4) is 0 Å². The molecule has 0 radical (unpaired) electrons. The molecule has 0 aromatic heterocycles. The van der Waals surface area contributed by atoms with Gasteiger partial charge in [0.15, 0.2) is 0 Å². The van der Waals surface area contributed by atoms with E-state index in [1.165, 1.54) is 0 Å². The van der Waals surface area contributed by atoms with Gasteiger partial charge in [0.2, 0.25) is 0 Å². The van der Waals surface area contributed by atoms with Crippen molar-refractivity contribution in [3.8, 4) is 5.75 Å². The molecule has 0 aliphatic carbocycles. The van der Waals surface area contributed by atoms with E-state index in [4.69, 9.17) is 9.84 Å². The van der Waals surface area contributed by atoms with Crippen molar-refractivity contribution >= 4 is 0 Å². The molecule has 0 saturated carbocycles. The number of para-hydroxylation sites is 1. The van der Waals surface area contributed by atoms with Gasteiger partial charge in [0, 0.05) is 5.56 Å². The van der Waals surface area contributed by atoms with Gasteiger partial charge in [-0.15, -0.1) is 0 Å². The summed E-state index contributed by atoms with van der Waals surface area (Å²) in [6.07, 6.45) is -2.35. The van der Waals surface area contributed by atoms with Gasteiger partial charge in [0.1, 0.15) is 18.0 Å². The van der Waals surface area contributed by atoms with Crippen molar-refractivity contribution < 1.29 is 20.1 Å². The molecule has 2 atom stereocenters. The Hall–Kier alpha value is -1.10. The molecule has 16 heavy (non-hydrogen) atoms. The molecule has 0 amide bonds. The number of aliphatic hydroxyl groups is 3. The lowest BCUT2D eigenvalue weighted by molar-refractivity contribution is -0.0167. The lowest BCUT2D eigenvalue weighted by Crippen LogP contribution is -2.23. The second kappa shape index (κ2) is 5.84. The Balaban J connectivity index is 2.93. The first-order chi connectivity index (χ1) is 7.56. The lowest BCUT2D eigenvalue weighted by atomic mass is 10.0. The monoisotopic (exact) mass is 226 g/mol. The minimum absolute atomic E-state index is 0.0142. The Labute approximate surface area is 95.1 Å². The zero-order chi connectivity index (χ0) is 12.1. The molecule has 0 aliphatic rings. The van der Waals surface area contributed by atoms with Crippen LogP contribution in [0.1, 0.15) is 25.5 Å². The minimum atomic E-state index is -1.20. The first-order valence-electron chi connectivity index (χ1n) is 5.28. The van der Waals surface area contributed by atoms with Crippen LogP contribution in [0.5, 0.6) is 5.75 Å². The quantitative estimate of drug-likeness (QED) is 0.696. The third-order valence-electron chi connectivity index (χ3n) is 2.15. The number of aliphatic hydroxyl groups excluding tert-OH is 3. The van der Waals surface area contributed by atoms with Crippen LogP contribution in [0.25, 0.3) is 0 Å². The van der Waals surface area contributed by atoms with E-state index in [2.05, 4.69) is 0 Å². The number of hydrogen-bond acceptors (Lipinski definition) is 4. The van der Waals surface area contributed by atoms with E-state index in [-0.39, 0.29) is 6.10 Å². The van der Waals surface area contributed by atoms with Crippen LogP contribution in [-0.2, 0) is 0 Å². The molecule has 0 aliphatic heterocycles. The van der Waals surface area contributed by atoms with Gasteiger partial charge >= 0.3 is 0 Å². The fourth-order valence-electron chi connectivity index (χ4n) is 1.39. The molecule has 0 saturated heterocycles. The summed E-state index contributed by atoms with van der Waals surface area (Å²) in [7, 11) is 0. The van der Waals surface area contributed by atoms with Gasteiger partial charge in [-0.1, -0.05) is 18.2 Å². The van der Waals surface area contributed by atoms with Crippen molar-refractivity contribution in [2.75, 3.05) is 6.61 Å². The summed E-state index contributed by atoms with van der Waals surface area (Å²) >= 11 is 0. The summed E-state index contributed by atoms with van der Waals surface area (Å²) in [6.45, 7) is 3.27. The predicted octanol–water partition coefficient (Wildman–Crippen LogP) is 0.860. The molecule has 4 heteroatoms. The number of rotatable bonds is 5. The second-order valence-electron chi connectivity index (χ2n) is 3.90. The third-order valence-corrected chi connectivity index (χ3v) is 2.15. The lowest BCUT2D eigenvalue weighted by Gasteiger charge is -2.20. The van der Waals surface area contributed by atoms with Gasteiger partial charge in [0.25, 0.3) is 0 Å². The number of hydrogen-bond donors (Lipinski definition) is 3. The first kappa shape index (κ1) is 13.0. The van der Waals surface area contributed by atoms with Gasteiger partial charge in [0.05, 0.1) is 12.7 Å². The molecule has 90 valence electrons. The van der Waals surface area contributed by atoms with Crippen molar-refractivity contribution in [2.45, 2.75) is 32.2 Å². The fourth-order valence-corrected chi connectivity index (χ4v) is 1.39. The van der Waals surface area contributed by atoms with Gasteiger partial charge in [-0.3, -0.25) is 0 Å². The number of benzene rings is 1. The average Bonchev–Trinajstić information content (AvgIpc) is 2.27. The summed E-state index contributed by atoms with van der Waals surface area (Å²) in [5.41, 5.74) is 0.484. The standard InChI is InChI=1S/C12H18O4/c1-8(2)16-11-6-4-3-5-9(11)12(15)10(14)7-13/h3-6,8,10,12-15H,7H2,1-2H3. The van der Waals surface area contributed by atoms with Crippen LogP contribution < -0.4 is 4.74 Å². The maximum atomic E-state index is 9.79. The van der Waals surface area contributed by atoms with Crippen LogP contribution in [-0.4, -0.2) is 34.1 Å². The SMILES string of the molecule is CC(C)Oc1ccccc1C(O)C(O)CO. The normalized spacial score (nSPS) is 14.9. The Bertz CT molecular complexity index is 325. The maximum absolute atomic E-state index is 9.79. The van der Waals surface area contributed by atoms with E-state index in [0.29, 0.717) is 11.3 Å². The summed E-state index contributed by atoms with van der Waals surface area (Å²) in [4.78, 5) is 0. The van der Waals surface area contributed by atoms with E-state index < -0.39 is 18.8 Å². The maximum Gasteiger partial charge on any atom is 0.125 e. The van der Waals surface area contributed by atoms with Crippen molar-refractivity contribution in [3.05, 3.63) is 29.8 Å². The number of ether oxygens (including phenoxy) is 1. The molecule has 0 spiro atoms. The zero-order valence-corrected chi connectivity index (χ0v) is 9.50. The van der Waals surface area contributed by atoms with E-state index in [9.17, 15) is 10.2 Å². The minimum Gasteiger partial charge on any atom is -0.491 e. The van der Waals surface area contributed by atoms with E-state index >= 15 is 0 Å². The van der Waals surface area contributed by atoms with Crippen molar-refractivity contribution in [1.29, 1.82) is 0 Å². The summed E-state index contributed by atoms with van der Waals surface area (Å²) in [5.74, 6) is 0.525. The molecule has 0 heterocycles. The molecule has 3 N–H and O–H groups in total. The van der Waals surface area contributed by atoms with Crippen LogP contribution in [0.15, 0.2) is 24.3 Å². The van der Waals surface area contributed by atoms with E-state index in [1.54, 1.807) is 24.3 Å². The molecular weight excluding hydrogens is 208 g/mol. The highest BCUT2D eigenvalue weighted by Gasteiger charge is 2.21. The molecule has 1 aromatic carbocycles. The van der Waals surface area contributed by atoms with E-state index in [1.807, 2.05) is 13.8 Å².